The van der Waals surface area contributed by atoms with Crippen molar-refractivity contribution >= 4 is 11.6 Å². The van der Waals surface area contributed by atoms with E-state index in [9.17, 15) is 4.79 Å². The Morgan fingerprint density at radius 1 is 1.37 bits per heavy atom. The monoisotopic (exact) mass is 263 g/mol. The number of nitrogens with two attached hydrogens (primary N) is 1. The minimum Gasteiger partial charge on any atom is -0.381 e. The summed E-state index contributed by atoms with van der Waals surface area (Å²) in [4.78, 5) is 13.9. The Morgan fingerprint density at radius 3 is 2.58 bits per heavy atom. The molecule has 0 aromatic heterocycles. The van der Waals surface area contributed by atoms with Gasteiger partial charge >= 0.3 is 0 Å². The summed E-state index contributed by atoms with van der Waals surface area (Å²) in [5.74, 6) is 0.153. The summed E-state index contributed by atoms with van der Waals surface area (Å²) in [5.41, 5.74) is 7.96. The van der Waals surface area contributed by atoms with E-state index in [1.54, 1.807) is 0 Å². The van der Waals surface area contributed by atoms with Crippen LogP contribution in [0.25, 0.3) is 0 Å². The number of aryl methyl sites for hydroxylation is 1. The second kappa shape index (κ2) is 7.79. The van der Waals surface area contributed by atoms with Gasteiger partial charge in [-0.3, -0.25) is 4.79 Å². The van der Waals surface area contributed by atoms with Crippen LogP contribution in [0.2, 0.25) is 0 Å². The van der Waals surface area contributed by atoms with Crippen molar-refractivity contribution in [1.29, 1.82) is 0 Å². The lowest BCUT2D eigenvalue weighted by Crippen LogP contribution is -2.38. The molecule has 0 aliphatic rings. The number of benzene rings is 1. The van der Waals surface area contributed by atoms with Crippen LogP contribution in [0.15, 0.2) is 24.3 Å². The number of anilines is 1. The summed E-state index contributed by atoms with van der Waals surface area (Å²) in [6.45, 7) is 7.97. The second-order valence-corrected chi connectivity index (χ2v) is 4.72. The van der Waals surface area contributed by atoms with Gasteiger partial charge in [-0.05, 0) is 38.5 Å². The van der Waals surface area contributed by atoms with E-state index >= 15 is 0 Å². The van der Waals surface area contributed by atoms with Crippen LogP contribution < -0.4 is 11.1 Å². The van der Waals surface area contributed by atoms with Gasteiger partial charge in [0, 0.05) is 37.8 Å². The molecule has 1 atom stereocenters. The van der Waals surface area contributed by atoms with Crippen molar-refractivity contribution in [2.75, 3.05) is 25.0 Å². The number of hydrogen-bond donors (Lipinski definition) is 2. The number of hydrogen-bond acceptors (Lipinski definition) is 3. The molecule has 4 nitrogen and oxygen atoms in total. The summed E-state index contributed by atoms with van der Waals surface area (Å²) in [7, 11) is 0. The van der Waals surface area contributed by atoms with E-state index in [2.05, 4.69) is 11.4 Å². The van der Waals surface area contributed by atoms with Gasteiger partial charge in [-0.25, -0.2) is 0 Å². The molecule has 0 heterocycles. The molecule has 3 N–H and O–H groups in total. The molecule has 1 aromatic rings. The van der Waals surface area contributed by atoms with E-state index in [-0.39, 0.29) is 11.9 Å². The highest BCUT2D eigenvalue weighted by Gasteiger charge is 2.16. The summed E-state index contributed by atoms with van der Waals surface area (Å²) >= 11 is 0. The third kappa shape index (κ3) is 4.91. The van der Waals surface area contributed by atoms with E-state index in [1.807, 2.05) is 43.9 Å². The van der Waals surface area contributed by atoms with Gasteiger partial charge in [0.25, 0.3) is 0 Å². The van der Waals surface area contributed by atoms with E-state index in [0.29, 0.717) is 13.0 Å². The molecule has 1 amide bonds. The maximum Gasteiger partial charge on any atom is 0.224 e. The zero-order valence-electron chi connectivity index (χ0n) is 12.1. The number of nitrogens with zero attached hydrogens (tertiary/aromatic N) is 1. The zero-order valence-corrected chi connectivity index (χ0v) is 12.1. The van der Waals surface area contributed by atoms with Gasteiger partial charge in [0.15, 0.2) is 0 Å². The quantitative estimate of drug-likeness (QED) is 0.791. The highest BCUT2D eigenvalue weighted by Crippen LogP contribution is 2.12. The molecule has 19 heavy (non-hydrogen) atoms. The topological polar surface area (TPSA) is 58.4 Å². The predicted octanol–water partition coefficient (Wildman–Crippen LogP) is 1.99. The molecule has 0 saturated carbocycles. The Hall–Kier alpha value is -1.55. The summed E-state index contributed by atoms with van der Waals surface area (Å²) in [5, 5.41) is 3.33. The first-order valence-electron chi connectivity index (χ1n) is 6.91. The van der Waals surface area contributed by atoms with Gasteiger partial charge in [0.1, 0.15) is 0 Å². The molecule has 0 bridgehead atoms. The first-order valence-corrected chi connectivity index (χ1v) is 6.91. The van der Waals surface area contributed by atoms with E-state index in [4.69, 9.17) is 5.73 Å². The maximum atomic E-state index is 12.1. The molecule has 0 radical (unpaired) electrons. The molecular formula is C15H25N3O. The lowest BCUT2D eigenvalue weighted by atomic mass is 10.1. The Labute approximate surface area is 116 Å². The number of amides is 1. The van der Waals surface area contributed by atoms with Crippen LogP contribution in [0.4, 0.5) is 5.69 Å². The van der Waals surface area contributed by atoms with Crippen LogP contribution in [0.3, 0.4) is 0 Å². The molecule has 1 unspecified atom stereocenters. The number of rotatable bonds is 7. The Bertz CT molecular complexity index is 402. The fourth-order valence-electron chi connectivity index (χ4n) is 2.08. The van der Waals surface area contributed by atoms with Crippen LogP contribution in [0, 0.1) is 6.92 Å². The van der Waals surface area contributed by atoms with Crippen molar-refractivity contribution in [3.63, 3.8) is 0 Å². The average Bonchev–Trinajstić information content (AvgIpc) is 2.39. The van der Waals surface area contributed by atoms with Crippen LogP contribution in [0.1, 0.15) is 25.8 Å². The Morgan fingerprint density at radius 2 is 2.05 bits per heavy atom. The van der Waals surface area contributed by atoms with Crippen molar-refractivity contribution in [3.05, 3.63) is 29.8 Å². The fraction of sp³-hybridized carbons (Fsp3) is 0.533. The molecule has 0 fully saturated rings. The third-order valence-corrected chi connectivity index (χ3v) is 3.21. The molecule has 106 valence electrons. The Kier molecular flexibility index (Phi) is 6.36. The normalized spacial score (nSPS) is 12.0. The van der Waals surface area contributed by atoms with Gasteiger partial charge in [-0.2, -0.15) is 0 Å². The highest BCUT2D eigenvalue weighted by molar-refractivity contribution is 5.77. The van der Waals surface area contributed by atoms with Gasteiger partial charge in [-0.15, -0.1) is 0 Å². The lowest BCUT2D eigenvalue weighted by molar-refractivity contribution is -0.131. The summed E-state index contributed by atoms with van der Waals surface area (Å²) in [6, 6.07) is 8.08. The van der Waals surface area contributed by atoms with E-state index in [0.717, 1.165) is 18.8 Å². The average molecular weight is 263 g/mol. The van der Waals surface area contributed by atoms with Gasteiger partial charge in [0.2, 0.25) is 5.91 Å². The van der Waals surface area contributed by atoms with Gasteiger partial charge < -0.3 is 16.0 Å². The minimum absolute atomic E-state index is 0.0186. The van der Waals surface area contributed by atoms with Gasteiger partial charge in [-0.1, -0.05) is 12.1 Å². The molecule has 1 aromatic carbocycles. The largest absolute Gasteiger partial charge is 0.381 e. The van der Waals surface area contributed by atoms with Gasteiger partial charge in [0.05, 0.1) is 0 Å². The van der Waals surface area contributed by atoms with Crippen molar-refractivity contribution < 1.29 is 4.79 Å². The summed E-state index contributed by atoms with van der Waals surface area (Å²) in [6.07, 6.45) is 0.437. The van der Waals surface area contributed by atoms with E-state index < -0.39 is 0 Å². The summed E-state index contributed by atoms with van der Waals surface area (Å²) < 4.78 is 0. The lowest BCUT2D eigenvalue weighted by Gasteiger charge is -2.23. The number of carbonyl (C=O) groups excluding carboxylic acids is 1. The number of carbonyl (C=O) groups is 1. The van der Waals surface area contributed by atoms with Crippen LogP contribution in [0.5, 0.6) is 0 Å². The molecule has 0 spiro atoms. The first-order chi connectivity index (χ1) is 9.10. The molecule has 1 rings (SSSR count). The molecular weight excluding hydrogens is 238 g/mol. The van der Waals surface area contributed by atoms with E-state index in [1.165, 1.54) is 5.56 Å². The molecule has 0 aliphatic heterocycles. The van der Waals surface area contributed by atoms with Crippen molar-refractivity contribution in [2.45, 2.75) is 33.2 Å². The van der Waals surface area contributed by atoms with Crippen LogP contribution in [-0.4, -0.2) is 36.5 Å². The maximum absolute atomic E-state index is 12.1. The highest BCUT2D eigenvalue weighted by atomic mass is 16.2. The minimum atomic E-state index is -0.0186. The SMILES string of the molecule is CCN(CC)C(=O)CC(CN)Nc1cccc(C)c1. The second-order valence-electron chi connectivity index (χ2n) is 4.72. The third-order valence-electron chi connectivity index (χ3n) is 3.21. The standard InChI is InChI=1S/C15H25N3O/c1-4-18(5-2)15(19)10-14(11-16)17-13-8-6-7-12(3)9-13/h6-9,14,17H,4-5,10-11,16H2,1-3H3. The Balaban J connectivity index is 2.61. The molecule has 4 heteroatoms. The van der Waals surface area contributed by atoms with Crippen molar-refractivity contribution in [1.82, 2.24) is 4.90 Å². The predicted molar refractivity (Wildman–Crippen MR) is 80.2 cm³/mol. The zero-order chi connectivity index (χ0) is 14.3. The molecule has 0 saturated heterocycles. The number of nitrogens with one attached hydrogen (secondary N) is 1. The smallest absolute Gasteiger partial charge is 0.224 e. The fourth-order valence-corrected chi connectivity index (χ4v) is 2.08. The van der Waals surface area contributed by atoms with Crippen LogP contribution in [-0.2, 0) is 4.79 Å². The van der Waals surface area contributed by atoms with Crippen LogP contribution >= 0.6 is 0 Å². The first kappa shape index (κ1) is 15.5. The van der Waals surface area contributed by atoms with Crippen molar-refractivity contribution in [2.24, 2.45) is 5.73 Å². The molecule has 0 aliphatic carbocycles. The van der Waals surface area contributed by atoms with Crippen molar-refractivity contribution in [3.8, 4) is 0 Å².